The van der Waals surface area contributed by atoms with Crippen LogP contribution in [0.15, 0.2) is 28.5 Å². The number of pyridine rings is 1. The van der Waals surface area contributed by atoms with Crippen molar-refractivity contribution in [3.63, 3.8) is 0 Å². The van der Waals surface area contributed by atoms with Crippen molar-refractivity contribution in [2.45, 2.75) is 26.8 Å². The van der Waals surface area contributed by atoms with Crippen LogP contribution in [0.5, 0.6) is 0 Å². The summed E-state index contributed by atoms with van der Waals surface area (Å²) in [7, 11) is -3.49. The van der Waals surface area contributed by atoms with E-state index in [4.69, 9.17) is 5.41 Å². The van der Waals surface area contributed by atoms with Crippen molar-refractivity contribution in [3.8, 4) is 0 Å². The zero-order chi connectivity index (χ0) is 15.7. The van der Waals surface area contributed by atoms with Gasteiger partial charge in [0.15, 0.2) is 9.84 Å². The molecule has 0 aliphatic carbocycles. The first-order valence-corrected chi connectivity index (χ1v) is 7.92. The van der Waals surface area contributed by atoms with Crippen LogP contribution in [0.2, 0.25) is 0 Å². The summed E-state index contributed by atoms with van der Waals surface area (Å²) in [5, 5.41) is 10.2. The molecule has 0 fully saturated rings. The summed E-state index contributed by atoms with van der Waals surface area (Å²) in [5.74, 6) is 0.274. The van der Waals surface area contributed by atoms with Gasteiger partial charge in [-0.3, -0.25) is 9.36 Å². The molecule has 0 amide bonds. The van der Waals surface area contributed by atoms with Crippen molar-refractivity contribution in [3.05, 3.63) is 39.7 Å². The minimum Gasteiger partial charge on any atom is -0.332 e. The SMILES string of the molecule is C=C(Nc1c(C(C)=N)ccc(=O)n1C(C)C)S(C)(=O)=O. The first kappa shape index (κ1) is 16.2. The van der Waals surface area contributed by atoms with Gasteiger partial charge in [0.1, 0.15) is 10.8 Å². The lowest BCUT2D eigenvalue weighted by molar-refractivity contribution is 0.584. The van der Waals surface area contributed by atoms with E-state index in [2.05, 4.69) is 11.9 Å². The maximum absolute atomic E-state index is 12.0. The second kappa shape index (κ2) is 5.62. The Kier molecular flexibility index (Phi) is 4.54. The van der Waals surface area contributed by atoms with Gasteiger partial charge in [0.25, 0.3) is 5.56 Å². The molecule has 0 unspecified atom stereocenters. The molecule has 0 atom stereocenters. The van der Waals surface area contributed by atoms with E-state index in [1.54, 1.807) is 20.8 Å². The van der Waals surface area contributed by atoms with Crippen LogP contribution in [-0.2, 0) is 9.84 Å². The average Bonchev–Trinajstić information content (AvgIpc) is 2.26. The van der Waals surface area contributed by atoms with Crippen LogP contribution in [-0.4, -0.2) is 25.0 Å². The Morgan fingerprint density at radius 3 is 2.35 bits per heavy atom. The Balaban J connectivity index is 3.56. The molecule has 0 spiro atoms. The molecular weight excluding hydrogens is 278 g/mol. The lowest BCUT2D eigenvalue weighted by Gasteiger charge is -2.21. The normalized spacial score (nSPS) is 11.4. The largest absolute Gasteiger partial charge is 0.332 e. The van der Waals surface area contributed by atoms with Gasteiger partial charge >= 0.3 is 0 Å². The molecule has 0 aliphatic heterocycles. The summed E-state index contributed by atoms with van der Waals surface area (Å²) in [6, 6.07) is 2.68. The average molecular weight is 297 g/mol. The molecule has 0 saturated carbocycles. The standard InChI is InChI=1S/C13H19N3O3S/c1-8(2)16-12(17)7-6-11(9(3)14)13(16)15-10(4)20(5,18)19/h6-8,14-15H,4H2,1-3,5H3. The Hall–Kier alpha value is -1.89. The number of aromatic nitrogens is 1. The van der Waals surface area contributed by atoms with Gasteiger partial charge in [-0.25, -0.2) is 8.42 Å². The summed E-state index contributed by atoms with van der Waals surface area (Å²) in [5.41, 5.74) is 0.417. The van der Waals surface area contributed by atoms with E-state index in [-0.39, 0.29) is 28.2 Å². The van der Waals surface area contributed by atoms with Gasteiger partial charge in [0, 0.05) is 29.6 Å². The van der Waals surface area contributed by atoms with Crippen molar-refractivity contribution in [2.24, 2.45) is 0 Å². The molecule has 0 bridgehead atoms. The van der Waals surface area contributed by atoms with Crippen molar-refractivity contribution in [1.82, 2.24) is 4.57 Å². The van der Waals surface area contributed by atoms with E-state index in [0.29, 0.717) is 5.56 Å². The number of anilines is 1. The highest BCUT2D eigenvalue weighted by molar-refractivity contribution is 7.94. The highest BCUT2D eigenvalue weighted by Gasteiger charge is 2.17. The molecule has 0 saturated heterocycles. The molecule has 1 aromatic rings. The monoisotopic (exact) mass is 297 g/mol. The van der Waals surface area contributed by atoms with E-state index in [1.165, 1.54) is 16.7 Å². The van der Waals surface area contributed by atoms with Gasteiger partial charge in [-0.15, -0.1) is 0 Å². The first-order valence-electron chi connectivity index (χ1n) is 6.02. The van der Waals surface area contributed by atoms with Gasteiger partial charge < -0.3 is 10.7 Å². The van der Waals surface area contributed by atoms with E-state index >= 15 is 0 Å². The molecular formula is C13H19N3O3S. The summed E-state index contributed by atoms with van der Waals surface area (Å²) in [4.78, 5) is 12.0. The molecule has 1 rings (SSSR count). The molecule has 6 nitrogen and oxygen atoms in total. The Bertz CT molecular complexity index is 715. The fourth-order valence-corrected chi connectivity index (χ4v) is 2.00. The van der Waals surface area contributed by atoms with E-state index in [1.807, 2.05) is 0 Å². The number of sulfone groups is 1. The third-order valence-corrected chi connectivity index (χ3v) is 3.75. The second-order valence-corrected chi connectivity index (χ2v) is 6.88. The Labute approximate surface area is 118 Å². The zero-order valence-electron chi connectivity index (χ0n) is 12.0. The van der Waals surface area contributed by atoms with Crippen LogP contribution in [0.25, 0.3) is 0 Å². The van der Waals surface area contributed by atoms with Crippen LogP contribution < -0.4 is 10.9 Å². The van der Waals surface area contributed by atoms with E-state index < -0.39 is 9.84 Å². The quantitative estimate of drug-likeness (QED) is 0.810. The maximum atomic E-state index is 12.0. The third kappa shape index (κ3) is 3.36. The lowest BCUT2D eigenvalue weighted by atomic mass is 10.1. The fourth-order valence-electron chi connectivity index (χ4n) is 1.72. The van der Waals surface area contributed by atoms with Gasteiger partial charge in [-0.05, 0) is 26.8 Å². The number of hydrogen-bond acceptors (Lipinski definition) is 5. The second-order valence-electron chi connectivity index (χ2n) is 4.84. The highest BCUT2D eigenvalue weighted by Crippen LogP contribution is 2.20. The molecule has 0 aliphatic rings. The maximum Gasteiger partial charge on any atom is 0.252 e. The van der Waals surface area contributed by atoms with Crippen molar-refractivity contribution >= 4 is 21.4 Å². The van der Waals surface area contributed by atoms with Crippen LogP contribution in [0, 0.1) is 5.41 Å². The van der Waals surface area contributed by atoms with Crippen LogP contribution in [0.3, 0.4) is 0 Å². The summed E-state index contributed by atoms with van der Waals surface area (Å²) in [6.07, 6.45) is 1.03. The topological polar surface area (TPSA) is 92.0 Å². The number of nitrogens with one attached hydrogen (secondary N) is 2. The van der Waals surface area contributed by atoms with Gasteiger partial charge in [-0.2, -0.15) is 0 Å². The minimum absolute atomic E-state index is 0.184. The highest BCUT2D eigenvalue weighted by atomic mass is 32.2. The zero-order valence-corrected chi connectivity index (χ0v) is 12.8. The molecule has 1 heterocycles. The van der Waals surface area contributed by atoms with Crippen molar-refractivity contribution in [2.75, 3.05) is 11.6 Å². The molecule has 1 aromatic heterocycles. The molecule has 2 N–H and O–H groups in total. The summed E-state index contributed by atoms with van der Waals surface area (Å²) in [6.45, 7) is 8.64. The lowest BCUT2D eigenvalue weighted by Crippen LogP contribution is -2.27. The molecule has 0 aromatic carbocycles. The van der Waals surface area contributed by atoms with E-state index in [9.17, 15) is 13.2 Å². The molecule has 110 valence electrons. The summed E-state index contributed by atoms with van der Waals surface area (Å²) >= 11 is 0. The minimum atomic E-state index is -3.49. The number of hydrogen-bond donors (Lipinski definition) is 2. The van der Waals surface area contributed by atoms with Crippen LogP contribution in [0.1, 0.15) is 32.4 Å². The fraction of sp³-hybridized carbons (Fsp3) is 0.385. The van der Waals surface area contributed by atoms with Crippen molar-refractivity contribution in [1.29, 1.82) is 5.41 Å². The van der Waals surface area contributed by atoms with Crippen molar-refractivity contribution < 1.29 is 8.42 Å². The van der Waals surface area contributed by atoms with Gasteiger partial charge in [0.2, 0.25) is 0 Å². The number of rotatable bonds is 5. The number of nitrogens with zero attached hydrogens (tertiary/aromatic N) is 1. The molecule has 7 heteroatoms. The van der Waals surface area contributed by atoms with Crippen LogP contribution in [0.4, 0.5) is 5.82 Å². The smallest absolute Gasteiger partial charge is 0.252 e. The summed E-state index contributed by atoms with van der Waals surface area (Å²) < 4.78 is 24.4. The van der Waals surface area contributed by atoms with Crippen LogP contribution >= 0.6 is 0 Å². The third-order valence-electron chi connectivity index (χ3n) is 2.75. The van der Waals surface area contributed by atoms with Gasteiger partial charge in [-0.1, -0.05) is 6.58 Å². The Morgan fingerprint density at radius 1 is 1.40 bits per heavy atom. The van der Waals surface area contributed by atoms with E-state index in [0.717, 1.165) is 6.26 Å². The Morgan fingerprint density at radius 2 is 1.95 bits per heavy atom. The first-order chi connectivity index (χ1) is 9.05. The predicted octanol–water partition coefficient (Wildman–Crippen LogP) is 1.74. The molecule has 20 heavy (non-hydrogen) atoms. The van der Waals surface area contributed by atoms with Gasteiger partial charge in [0.05, 0.1) is 0 Å². The molecule has 0 radical (unpaired) electrons. The predicted molar refractivity (Wildman–Crippen MR) is 81.2 cm³/mol.